The van der Waals surface area contributed by atoms with E-state index < -0.39 is 18.3 Å². The Morgan fingerprint density at radius 1 is 1.35 bits per heavy atom. The van der Waals surface area contributed by atoms with Crippen molar-refractivity contribution in [1.82, 2.24) is 4.98 Å². The third-order valence-corrected chi connectivity index (χ3v) is 5.02. The standard InChI is InChI=1S/C16H23BN2O3S/c1-11(20)23-10-12(8-14-9-13(18)6-7-19-14)17-21-15(2,3)16(4,5)22-17/h6-9H,10H2,1-5H3,(H2,18,19). The average molecular weight is 334 g/mol. The normalized spacial score (nSPS) is 19.9. The SMILES string of the molecule is CC(=O)SCC(=Cc1cc(N)ccn1)B1OC(C)(C)C(C)(C)O1. The van der Waals surface area contributed by atoms with Crippen molar-refractivity contribution in [1.29, 1.82) is 0 Å². The molecule has 7 heteroatoms. The van der Waals surface area contributed by atoms with Gasteiger partial charge in [0.2, 0.25) is 0 Å². The van der Waals surface area contributed by atoms with Gasteiger partial charge in [-0.15, -0.1) is 0 Å². The zero-order chi connectivity index (χ0) is 17.3. The van der Waals surface area contributed by atoms with Crippen LogP contribution >= 0.6 is 11.8 Å². The summed E-state index contributed by atoms with van der Waals surface area (Å²) in [5, 5.41) is 0.0490. The molecule has 23 heavy (non-hydrogen) atoms. The predicted molar refractivity (Wildman–Crippen MR) is 95.8 cm³/mol. The second kappa shape index (κ2) is 6.67. The van der Waals surface area contributed by atoms with E-state index in [4.69, 9.17) is 15.0 Å². The first-order valence-corrected chi connectivity index (χ1v) is 8.50. The van der Waals surface area contributed by atoms with Crippen LogP contribution in [-0.2, 0) is 14.1 Å². The first-order chi connectivity index (χ1) is 10.6. The third kappa shape index (κ3) is 4.37. The molecule has 1 aromatic rings. The number of carbonyl (C=O) groups excluding carboxylic acids is 1. The van der Waals surface area contributed by atoms with Crippen LogP contribution in [0, 0.1) is 0 Å². The summed E-state index contributed by atoms with van der Waals surface area (Å²) >= 11 is 1.22. The molecule has 5 nitrogen and oxygen atoms in total. The molecule has 0 bridgehead atoms. The largest absolute Gasteiger partial charge is 0.491 e. The van der Waals surface area contributed by atoms with Gasteiger partial charge in [-0.1, -0.05) is 11.8 Å². The lowest BCUT2D eigenvalue weighted by atomic mass is 9.78. The Balaban J connectivity index is 2.30. The molecule has 2 rings (SSSR count). The molecule has 1 aliphatic rings. The summed E-state index contributed by atoms with van der Waals surface area (Å²) in [5.41, 5.74) is 7.17. The van der Waals surface area contributed by atoms with Crippen molar-refractivity contribution < 1.29 is 14.1 Å². The fraction of sp³-hybridized carbons (Fsp3) is 0.500. The van der Waals surface area contributed by atoms with E-state index in [-0.39, 0.29) is 5.12 Å². The van der Waals surface area contributed by atoms with Crippen LogP contribution in [0.3, 0.4) is 0 Å². The molecular formula is C16H23BN2O3S. The maximum atomic E-state index is 11.3. The lowest BCUT2D eigenvalue weighted by Gasteiger charge is -2.32. The number of aromatic nitrogens is 1. The Morgan fingerprint density at radius 2 is 1.96 bits per heavy atom. The number of pyridine rings is 1. The molecule has 1 saturated heterocycles. The number of hydrogen-bond acceptors (Lipinski definition) is 6. The highest BCUT2D eigenvalue weighted by Gasteiger charge is 2.52. The second-order valence-electron chi connectivity index (χ2n) is 6.60. The highest BCUT2D eigenvalue weighted by atomic mass is 32.2. The van der Waals surface area contributed by atoms with E-state index in [9.17, 15) is 4.79 Å². The molecule has 1 aromatic heterocycles. The van der Waals surface area contributed by atoms with Gasteiger partial charge in [-0.25, -0.2) is 0 Å². The van der Waals surface area contributed by atoms with Crippen LogP contribution in [-0.4, -0.2) is 34.2 Å². The van der Waals surface area contributed by atoms with Crippen LogP contribution in [0.25, 0.3) is 6.08 Å². The molecule has 0 atom stereocenters. The summed E-state index contributed by atoms with van der Waals surface area (Å²) in [6.07, 6.45) is 3.54. The van der Waals surface area contributed by atoms with Crippen LogP contribution in [0.1, 0.15) is 40.3 Å². The predicted octanol–water partition coefficient (Wildman–Crippen LogP) is 2.96. The third-order valence-electron chi connectivity index (χ3n) is 4.14. The van der Waals surface area contributed by atoms with Crippen LogP contribution in [0.4, 0.5) is 5.69 Å². The Hall–Kier alpha value is -1.31. The molecule has 2 heterocycles. The highest BCUT2D eigenvalue weighted by Crippen LogP contribution is 2.39. The number of rotatable bonds is 4. The topological polar surface area (TPSA) is 74.4 Å². The Kier molecular flexibility index (Phi) is 5.23. The van der Waals surface area contributed by atoms with E-state index >= 15 is 0 Å². The number of nitrogen functional groups attached to an aromatic ring is 1. The van der Waals surface area contributed by atoms with Gasteiger partial charge >= 0.3 is 7.12 Å². The molecule has 0 radical (unpaired) electrons. The van der Waals surface area contributed by atoms with E-state index in [2.05, 4.69) is 4.98 Å². The van der Waals surface area contributed by atoms with Crippen molar-refractivity contribution in [2.24, 2.45) is 0 Å². The molecule has 0 aliphatic carbocycles. The van der Waals surface area contributed by atoms with Crippen molar-refractivity contribution in [3.05, 3.63) is 29.5 Å². The van der Waals surface area contributed by atoms with Crippen LogP contribution in [0.5, 0.6) is 0 Å². The molecular weight excluding hydrogens is 311 g/mol. The maximum absolute atomic E-state index is 11.3. The molecule has 0 aromatic carbocycles. The van der Waals surface area contributed by atoms with Gasteiger partial charge in [-0.3, -0.25) is 9.78 Å². The number of nitrogens with two attached hydrogens (primary N) is 1. The summed E-state index contributed by atoms with van der Waals surface area (Å²) in [5.74, 6) is 0.489. The van der Waals surface area contributed by atoms with E-state index in [0.29, 0.717) is 11.4 Å². The van der Waals surface area contributed by atoms with Gasteiger partial charge in [-0.05, 0) is 51.4 Å². The minimum absolute atomic E-state index is 0.0490. The minimum Gasteiger partial charge on any atom is -0.400 e. The van der Waals surface area contributed by atoms with Crippen LogP contribution in [0.2, 0.25) is 0 Å². The minimum atomic E-state index is -0.505. The average Bonchev–Trinajstić information content (AvgIpc) is 2.63. The summed E-state index contributed by atoms with van der Waals surface area (Å²) in [6, 6.07) is 3.51. The first kappa shape index (κ1) is 18.0. The Labute approximate surface area is 142 Å². The smallest absolute Gasteiger partial charge is 0.400 e. The van der Waals surface area contributed by atoms with Crippen molar-refractivity contribution in [3.8, 4) is 0 Å². The van der Waals surface area contributed by atoms with Gasteiger partial charge < -0.3 is 15.0 Å². The fourth-order valence-electron chi connectivity index (χ4n) is 2.09. The van der Waals surface area contributed by atoms with Crippen LogP contribution < -0.4 is 5.73 Å². The maximum Gasteiger partial charge on any atom is 0.491 e. The Bertz CT molecular complexity index is 616. The van der Waals surface area contributed by atoms with Gasteiger partial charge in [0.25, 0.3) is 0 Å². The molecule has 124 valence electrons. The molecule has 1 fully saturated rings. The highest BCUT2D eigenvalue weighted by molar-refractivity contribution is 8.13. The van der Waals surface area contributed by atoms with Gasteiger partial charge in [0, 0.05) is 24.6 Å². The number of carbonyl (C=O) groups is 1. The summed E-state index contributed by atoms with van der Waals surface area (Å²) in [6.45, 7) is 9.55. The van der Waals surface area contributed by atoms with Gasteiger partial charge in [-0.2, -0.15) is 0 Å². The summed E-state index contributed by atoms with van der Waals surface area (Å²) in [4.78, 5) is 15.6. The zero-order valence-corrected chi connectivity index (χ0v) is 15.1. The fourth-order valence-corrected chi connectivity index (χ4v) is 2.68. The van der Waals surface area contributed by atoms with E-state index in [1.165, 1.54) is 11.8 Å². The molecule has 0 saturated carbocycles. The van der Waals surface area contributed by atoms with E-state index in [0.717, 1.165) is 11.2 Å². The summed E-state index contributed by atoms with van der Waals surface area (Å²) < 4.78 is 12.2. The molecule has 0 amide bonds. The van der Waals surface area contributed by atoms with Gasteiger partial charge in [0.15, 0.2) is 5.12 Å². The monoisotopic (exact) mass is 334 g/mol. The van der Waals surface area contributed by atoms with E-state index in [1.54, 1.807) is 25.3 Å². The van der Waals surface area contributed by atoms with Crippen molar-refractivity contribution in [2.75, 3.05) is 11.5 Å². The summed E-state index contributed by atoms with van der Waals surface area (Å²) in [7, 11) is -0.505. The number of nitrogens with zero attached hydrogens (tertiary/aromatic N) is 1. The quantitative estimate of drug-likeness (QED) is 0.854. The van der Waals surface area contributed by atoms with Crippen molar-refractivity contribution >= 4 is 35.8 Å². The lowest BCUT2D eigenvalue weighted by Crippen LogP contribution is -2.41. The molecule has 0 spiro atoms. The number of anilines is 1. The Morgan fingerprint density at radius 3 is 2.48 bits per heavy atom. The second-order valence-corrected chi connectivity index (χ2v) is 7.75. The molecule has 0 unspecified atom stereocenters. The van der Waals surface area contributed by atoms with Crippen LogP contribution in [0.15, 0.2) is 23.8 Å². The molecule has 1 aliphatic heterocycles. The lowest BCUT2D eigenvalue weighted by molar-refractivity contribution is -0.109. The van der Waals surface area contributed by atoms with Gasteiger partial charge in [0.05, 0.1) is 16.9 Å². The first-order valence-electron chi connectivity index (χ1n) is 7.52. The van der Waals surface area contributed by atoms with E-state index in [1.807, 2.05) is 33.8 Å². The number of hydrogen-bond donors (Lipinski definition) is 1. The number of thioether (sulfide) groups is 1. The van der Waals surface area contributed by atoms with Crippen molar-refractivity contribution in [3.63, 3.8) is 0 Å². The zero-order valence-electron chi connectivity index (χ0n) is 14.3. The van der Waals surface area contributed by atoms with Gasteiger partial charge in [0.1, 0.15) is 0 Å². The van der Waals surface area contributed by atoms with Crippen molar-refractivity contribution in [2.45, 2.75) is 45.8 Å². The molecule has 2 N–H and O–H groups in total.